The van der Waals surface area contributed by atoms with Gasteiger partial charge in [-0.25, -0.2) is 0 Å². The zero-order chi connectivity index (χ0) is 11.0. The summed E-state index contributed by atoms with van der Waals surface area (Å²) in [5, 5.41) is 0. The molecular formula is C11H7Br2SSi. The zero-order valence-corrected chi connectivity index (χ0v) is 13.0. The summed E-state index contributed by atoms with van der Waals surface area (Å²) in [4.78, 5) is 1.27. The van der Waals surface area contributed by atoms with Crippen molar-refractivity contribution in [2.75, 3.05) is 0 Å². The van der Waals surface area contributed by atoms with Gasteiger partial charge in [0.2, 0.25) is 0 Å². The minimum atomic E-state index is 1.14. The van der Waals surface area contributed by atoms with E-state index in [1.165, 1.54) is 16.0 Å². The van der Waals surface area contributed by atoms with Gasteiger partial charge >= 0.3 is 0 Å². The number of hydrogen-bond donors (Lipinski definition) is 0. The number of halogens is 2. The summed E-state index contributed by atoms with van der Waals surface area (Å²) in [5.74, 6) is 0. The number of hydrogen-bond acceptors (Lipinski definition) is 1. The molecule has 0 fully saturated rings. The second-order valence-electron chi connectivity index (χ2n) is 3.19. The van der Waals surface area contributed by atoms with Crippen molar-refractivity contribution in [1.82, 2.24) is 0 Å². The molecule has 0 aliphatic rings. The van der Waals surface area contributed by atoms with Crippen molar-refractivity contribution in [3.05, 3.63) is 38.8 Å². The van der Waals surface area contributed by atoms with Crippen LogP contribution in [-0.2, 0) is 0 Å². The summed E-state index contributed by atoms with van der Waals surface area (Å²) in [6.07, 6.45) is 0. The van der Waals surface area contributed by atoms with Crippen LogP contribution in [-0.4, -0.2) is 10.2 Å². The lowest BCUT2D eigenvalue weighted by atomic mass is 10.1. The molecule has 2 rings (SSSR count). The molecule has 0 aliphatic heterocycles. The van der Waals surface area contributed by atoms with Gasteiger partial charge in [-0.1, -0.05) is 37.9 Å². The highest BCUT2D eigenvalue weighted by atomic mass is 79.9. The third-order valence-electron chi connectivity index (χ3n) is 2.20. The molecule has 4 heteroatoms. The van der Waals surface area contributed by atoms with Gasteiger partial charge in [-0.15, -0.1) is 11.3 Å². The van der Waals surface area contributed by atoms with Crippen molar-refractivity contribution in [2.45, 2.75) is 6.92 Å². The molecule has 0 atom stereocenters. The van der Waals surface area contributed by atoms with Crippen LogP contribution in [0.15, 0.2) is 33.2 Å². The van der Waals surface area contributed by atoms with E-state index in [4.69, 9.17) is 0 Å². The average Bonchev–Trinajstić information content (AvgIpc) is 2.59. The predicted octanol–water partition coefficient (Wildman–Crippen LogP) is 4.04. The first-order valence-electron chi connectivity index (χ1n) is 4.36. The van der Waals surface area contributed by atoms with Gasteiger partial charge in [-0.3, -0.25) is 0 Å². The first kappa shape index (κ1) is 11.6. The maximum atomic E-state index is 3.60. The minimum Gasteiger partial charge on any atom is -0.146 e. The normalized spacial score (nSPS) is 10.7. The number of rotatable bonds is 1. The summed E-state index contributed by atoms with van der Waals surface area (Å²) in [6, 6.07) is 8.33. The van der Waals surface area contributed by atoms with Crippen molar-refractivity contribution in [1.29, 1.82) is 0 Å². The summed E-state index contributed by atoms with van der Waals surface area (Å²) in [7, 11) is 3.54. The topological polar surface area (TPSA) is 0 Å². The molecule has 0 saturated carbocycles. The molecule has 15 heavy (non-hydrogen) atoms. The minimum absolute atomic E-state index is 1.14. The summed E-state index contributed by atoms with van der Waals surface area (Å²) >= 11 is 8.89. The summed E-state index contributed by atoms with van der Waals surface area (Å²) in [6.45, 7) is 2.12. The lowest BCUT2D eigenvalue weighted by molar-refractivity contribution is 1.42. The monoisotopic (exact) mass is 357 g/mol. The molecule has 1 aromatic carbocycles. The standard InChI is InChI=1S/C11H7Br2SSi/c1-6-7(12)2-3-8(13)11(6)9-4-5-10(15)14-9/h2-5H,1H3. The van der Waals surface area contributed by atoms with Crippen LogP contribution < -0.4 is 4.50 Å². The molecule has 2 aromatic rings. The Bertz CT molecular complexity index is 505. The molecule has 75 valence electrons. The molecule has 0 bridgehead atoms. The molecule has 3 radical (unpaired) electrons. The van der Waals surface area contributed by atoms with Gasteiger partial charge in [-0.2, -0.15) is 0 Å². The van der Waals surface area contributed by atoms with Crippen LogP contribution in [0.1, 0.15) is 5.56 Å². The SMILES string of the molecule is Cc1c(Br)ccc(Br)c1-c1ccc([Si])s1. The zero-order valence-electron chi connectivity index (χ0n) is 7.97. The maximum absolute atomic E-state index is 3.60. The lowest BCUT2D eigenvalue weighted by Crippen LogP contribution is -1.89. The van der Waals surface area contributed by atoms with Gasteiger partial charge in [0.05, 0.1) is 10.2 Å². The molecular weight excluding hydrogens is 352 g/mol. The lowest BCUT2D eigenvalue weighted by Gasteiger charge is -2.08. The van der Waals surface area contributed by atoms with E-state index in [1.807, 2.05) is 0 Å². The Morgan fingerprint density at radius 2 is 1.73 bits per heavy atom. The van der Waals surface area contributed by atoms with Gasteiger partial charge in [0.1, 0.15) is 0 Å². The van der Waals surface area contributed by atoms with Crippen molar-refractivity contribution < 1.29 is 0 Å². The average molecular weight is 359 g/mol. The smallest absolute Gasteiger partial charge is 0.0864 e. The van der Waals surface area contributed by atoms with Crippen molar-refractivity contribution in [2.24, 2.45) is 0 Å². The third kappa shape index (κ3) is 2.28. The van der Waals surface area contributed by atoms with Gasteiger partial charge in [0, 0.05) is 19.4 Å². The largest absolute Gasteiger partial charge is 0.146 e. The highest BCUT2D eigenvalue weighted by Gasteiger charge is 2.10. The van der Waals surface area contributed by atoms with E-state index in [-0.39, 0.29) is 0 Å². The Balaban J connectivity index is 2.66. The molecule has 0 aliphatic carbocycles. The van der Waals surface area contributed by atoms with Crippen LogP contribution in [0.2, 0.25) is 0 Å². The van der Waals surface area contributed by atoms with Crippen molar-refractivity contribution in [3.63, 3.8) is 0 Å². The molecule has 0 saturated heterocycles. The number of thiophene rings is 1. The van der Waals surface area contributed by atoms with Crippen LogP contribution in [0.3, 0.4) is 0 Å². The summed E-state index contributed by atoms with van der Waals surface area (Å²) < 4.78 is 3.43. The van der Waals surface area contributed by atoms with Crippen LogP contribution in [0.5, 0.6) is 0 Å². The summed E-state index contributed by atoms with van der Waals surface area (Å²) in [5.41, 5.74) is 2.52. The fourth-order valence-corrected chi connectivity index (χ4v) is 3.82. The Labute approximate surface area is 113 Å². The van der Waals surface area contributed by atoms with E-state index < -0.39 is 0 Å². The fraction of sp³-hybridized carbons (Fsp3) is 0.0909. The fourth-order valence-electron chi connectivity index (χ4n) is 1.43. The highest BCUT2D eigenvalue weighted by molar-refractivity contribution is 9.11. The van der Waals surface area contributed by atoms with E-state index in [0.717, 1.165) is 13.4 Å². The van der Waals surface area contributed by atoms with Gasteiger partial charge in [-0.05, 0) is 35.2 Å². The maximum Gasteiger partial charge on any atom is 0.0864 e. The molecule has 0 unspecified atom stereocenters. The molecule has 0 N–H and O–H groups in total. The quantitative estimate of drug-likeness (QED) is 0.675. The van der Waals surface area contributed by atoms with Crippen LogP contribution in [0.4, 0.5) is 0 Å². The first-order valence-corrected chi connectivity index (χ1v) is 7.26. The van der Waals surface area contributed by atoms with Crippen LogP contribution in [0, 0.1) is 6.92 Å². The van der Waals surface area contributed by atoms with Crippen LogP contribution in [0.25, 0.3) is 10.4 Å². The predicted molar refractivity (Wildman–Crippen MR) is 75.3 cm³/mol. The second kappa shape index (κ2) is 4.53. The van der Waals surface area contributed by atoms with E-state index >= 15 is 0 Å². The Hall–Kier alpha value is 0.0969. The Morgan fingerprint density at radius 3 is 2.33 bits per heavy atom. The van der Waals surface area contributed by atoms with Gasteiger partial charge in [0.15, 0.2) is 0 Å². The molecule has 0 amide bonds. The third-order valence-corrected chi connectivity index (χ3v) is 5.11. The highest BCUT2D eigenvalue weighted by Crippen LogP contribution is 2.36. The second-order valence-corrected chi connectivity index (χ2v) is 6.89. The van der Waals surface area contributed by atoms with Gasteiger partial charge in [0.25, 0.3) is 0 Å². The molecule has 0 nitrogen and oxygen atoms in total. The number of benzene rings is 1. The van der Waals surface area contributed by atoms with E-state index in [2.05, 4.69) is 73.3 Å². The molecule has 1 aromatic heterocycles. The van der Waals surface area contributed by atoms with Crippen molar-refractivity contribution in [3.8, 4) is 10.4 Å². The Morgan fingerprint density at radius 1 is 1.07 bits per heavy atom. The first-order chi connectivity index (χ1) is 7.09. The molecule has 0 spiro atoms. The van der Waals surface area contributed by atoms with E-state index in [0.29, 0.717) is 0 Å². The van der Waals surface area contributed by atoms with E-state index in [9.17, 15) is 0 Å². The Kier molecular flexibility index (Phi) is 3.50. The molecule has 1 heterocycles. The van der Waals surface area contributed by atoms with Gasteiger partial charge < -0.3 is 0 Å². The van der Waals surface area contributed by atoms with E-state index in [1.54, 1.807) is 11.3 Å². The van der Waals surface area contributed by atoms with Crippen molar-refractivity contribution >= 4 is 57.9 Å². The van der Waals surface area contributed by atoms with Crippen LogP contribution >= 0.6 is 43.2 Å².